The van der Waals surface area contributed by atoms with Crippen LogP contribution in [0.15, 0.2) is 24.3 Å². The van der Waals surface area contributed by atoms with Gasteiger partial charge in [0.15, 0.2) is 0 Å². The average Bonchev–Trinajstić information content (AvgIpc) is 2.27. The first kappa shape index (κ1) is 14.1. The van der Waals surface area contributed by atoms with Gasteiger partial charge in [0.2, 0.25) is 0 Å². The molecule has 2 atom stereocenters. The van der Waals surface area contributed by atoms with E-state index in [0.717, 1.165) is 12.0 Å². The van der Waals surface area contributed by atoms with E-state index in [4.69, 9.17) is 0 Å². The standard InChI is InChI=1S/C14H22FNO/c1-5-14(2,16(3)4)13(17)10-11-7-6-8-12(15)9-11/h6-9,13,17H,5,10H2,1-4H3. The number of likely N-dealkylation sites (N-methyl/N-ethyl adjacent to an activating group) is 1. The van der Waals surface area contributed by atoms with Gasteiger partial charge in [-0.05, 0) is 45.1 Å². The Kier molecular flexibility index (Phi) is 4.66. The third-order valence-corrected chi connectivity index (χ3v) is 3.77. The molecule has 0 aliphatic heterocycles. The largest absolute Gasteiger partial charge is 0.391 e. The third-order valence-electron chi connectivity index (χ3n) is 3.77. The molecule has 0 fully saturated rings. The lowest BCUT2D eigenvalue weighted by Gasteiger charge is -2.40. The van der Waals surface area contributed by atoms with Crippen molar-refractivity contribution in [3.63, 3.8) is 0 Å². The smallest absolute Gasteiger partial charge is 0.123 e. The second-order valence-corrected chi connectivity index (χ2v) is 4.95. The molecule has 17 heavy (non-hydrogen) atoms. The summed E-state index contributed by atoms with van der Waals surface area (Å²) >= 11 is 0. The molecule has 0 amide bonds. The van der Waals surface area contributed by atoms with Crippen molar-refractivity contribution in [1.82, 2.24) is 4.90 Å². The molecule has 0 saturated heterocycles. The fraction of sp³-hybridized carbons (Fsp3) is 0.571. The van der Waals surface area contributed by atoms with Crippen LogP contribution >= 0.6 is 0 Å². The van der Waals surface area contributed by atoms with E-state index >= 15 is 0 Å². The minimum Gasteiger partial charge on any atom is -0.391 e. The van der Waals surface area contributed by atoms with Crippen molar-refractivity contribution in [2.75, 3.05) is 14.1 Å². The van der Waals surface area contributed by atoms with Gasteiger partial charge >= 0.3 is 0 Å². The Hall–Kier alpha value is -0.930. The van der Waals surface area contributed by atoms with Gasteiger partial charge in [0.25, 0.3) is 0 Å². The van der Waals surface area contributed by atoms with Crippen molar-refractivity contribution in [1.29, 1.82) is 0 Å². The number of rotatable bonds is 5. The van der Waals surface area contributed by atoms with E-state index in [1.807, 2.05) is 32.0 Å². The highest BCUT2D eigenvalue weighted by atomic mass is 19.1. The summed E-state index contributed by atoms with van der Waals surface area (Å²) < 4.78 is 13.1. The Balaban J connectivity index is 2.81. The molecule has 0 aliphatic carbocycles. The summed E-state index contributed by atoms with van der Waals surface area (Å²) in [5.74, 6) is -0.252. The van der Waals surface area contributed by atoms with Crippen molar-refractivity contribution in [3.8, 4) is 0 Å². The van der Waals surface area contributed by atoms with E-state index in [2.05, 4.69) is 6.92 Å². The van der Waals surface area contributed by atoms with Gasteiger partial charge in [-0.25, -0.2) is 4.39 Å². The third kappa shape index (κ3) is 3.27. The molecule has 0 spiro atoms. The predicted octanol–water partition coefficient (Wildman–Crippen LogP) is 2.46. The van der Waals surface area contributed by atoms with Crippen LogP contribution in [0.4, 0.5) is 4.39 Å². The van der Waals surface area contributed by atoms with Crippen LogP contribution in [0.2, 0.25) is 0 Å². The number of hydrogen-bond donors (Lipinski definition) is 1. The Morgan fingerprint density at radius 3 is 2.53 bits per heavy atom. The highest BCUT2D eigenvalue weighted by Crippen LogP contribution is 2.23. The maximum Gasteiger partial charge on any atom is 0.123 e. The molecular weight excluding hydrogens is 217 g/mol. The van der Waals surface area contributed by atoms with Gasteiger partial charge in [0, 0.05) is 12.0 Å². The number of aliphatic hydroxyl groups is 1. The molecule has 2 nitrogen and oxygen atoms in total. The molecule has 1 aromatic carbocycles. The van der Waals surface area contributed by atoms with E-state index < -0.39 is 6.10 Å². The lowest BCUT2D eigenvalue weighted by molar-refractivity contribution is 0.00298. The molecule has 0 bridgehead atoms. The number of benzene rings is 1. The zero-order valence-electron chi connectivity index (χ0n) is 11.1. The van der Waals surface area contributed by atoms with Crippen molar-refractivity contribution < 1.29 is 9.50 Å². The van der Waals surface area contributed by atoms with Gasteiger partial charge in [0.1, 0.15) is 5.82 Å². The summed E-state index contributed by atoms with van der Waals surface area (Å²) in [6.45, 7) is 4.08. The Morgan fingerprint density at radius 1 is 1.41 bits per heavy atom. The molecule has 1 rings (SSSR count). The van der Waals surface area contributed by atoms with Gasteiger partial charge in [-0.3, -0.25) is 0 Å². The molecule has 0 radical (unpaired) electrons. The van der Waals surface area contributed by atoms with Crippen LogP contribution in [0.25, 0.3) is 0 Å². The topological polar surface area (TPSA) is 23.5 Å². The Bertz CT molecular complexity index is 367. The van der Waals surface area contributed by atoms with Gasteiger partial charge in [-0.2, -0.15) is 0 Å². The summed E-state index contributed by atoms with van der Waals surface area (Å²) in [5.41, 5.74) is 0.547. The van der Waals surface area contributed by atoms with Gasteiger partial charge < -0.3 is 10.0 Å². The second kappa shape index (κ2) is 5.61. The Morgan fingerprint density at radius 2 is 2.06 bits per heavy atom. The Labute approximate surface area is 103 Å². The fourth-order valence-corrected chi connectivity index (χ4v) is 1.96. The van der Waals surface area contributed by atoms with Gasteiger partial charge in [-0.15, -0.1) is 0 Å². The van der Waals surface area contributed by atoms with Crippen LogP contribution in [-0.4, -0.2) is 35.7 Å². The fourth-order valence-electron chi connectivity index (χ4n) is 1.96. The lowest BCUT2D eigenvalue weighted by Crippen LogP contribution is -2.51. The molecule has 0 aliphatic rings. The van der Waals surface area contributed by atoms with E-state index in [1.165, 1.54) is 12.1 Å². The van der Waals surface area contributed by atoms with Crippen LogP contribution in [0.1, 0.15) is 25.8 Å². The quantitative estimate of drug-likeness (QED) is 0.853. The summed E-state index contributed by atoms with van der Waals surface area (Å²) in [5, 5.41) is 10.3. The highest BCUT2D eigenvalue weighted by Gasteiger charge is 2.33. The molecule has 96 valence electrons. The van der Waals surface area contributed by atoms with Crippen LogP contribution in [0.5, 0.6) is 0 Å². The molecule has 2 unspecified atom stereocenters. The summed E-state index contributed by atoms with van der Waals surface area (Å²) in [6, 6.07) is 6.42. The maximum absolute atomic E-state index is 13.1. The minimum atomic E-state index is -0.510. The number of halogens is 1. The molecule has 1 aromatic rings. The normalized spacial score (nSPS) is 16.9. The van der Waals surface area contributed by atoms with E-state index in [9.17, 15) is 9.50 Å². The maximum atomic E-state index is 13.1. The van der Waals surface area contributed by atoms with Crippen LogP contribution in [0, 0.1) is 5.82 Å². The molecule has 0 heterocycles. The van der Waals surface area contributed by atoms with E-state index in [0.29, 0.717) is 6.42 Å². The summed E-state index contributed by atoms with van der Waals surface area (Å²) in [4.78, 5) is 2.02. The first-order chi connectivity index (χ1) is 7.90. The molecular formula is C14H22FNO. The summed E-state index contributed by atoms with van der Waals surface area (Å²) in [7, 11) is 3.91. The molecule has 0 saturated carbocycles. The zero-order valence-corrected chi connectivity index (χ0v) is 11.1. The number of aliphatic hydroxyl groups excluding tert-OH is 1. The zero-order chi connectivity index (χ0) is 13.1. The number of nitrogens with zero attached hydrogens (tertiary/aromatic N) is 1. The lowest BCUT2D eigenvalue weighted by atomic mass is 9.86. The molecule has 1 N–H and O–H groups in total. The van der Waals surface area contributed by atoms with Crippen LogP contribution in [-0.2, 0) is 6.42 Å². The van der Waals surface area contributed by atoms with Gasteiger partial charge in [-0.1, -0.05) is 19.1 Å². The van der Waals surface area contributed by atoms with E-state index in [-0.39, 0.29) is 11.4 Å². The van der Waals surface area contributed by atoms with Crippen molar-refractivity contribution in [2.45, 2.75) is 38.3 Å². The average molecular weight is 239 g/mol. The van der Waals surface area contributed by atoms with Gasteiger partial charge in [0.05, 0.1) is 6.10 Å². The minimum absolute atomic E-state index is 0.252. The van der Waals surface area contributed by atoms with Crippen molar-refractivity contribution in [2.24, 2.45) is 0 Å². The monoisotopic (exact) mass is 239 g/mol. The first-order valence-corrected chi connectivity index (χ1v) is 6.00. The van der Waals surface area contributed by atoms with Crippen LogP contribution < -0.4 is 0 Å². The molecule has 0 aromatic heterocycles. The summed E-state index contributed by atoms with van der Waals surface area (Å²) in [6.07, 6.45) is 0.806. The molecule has 3 heteroatoms. The highest BCUT2D eigenvalue weighted by molar-refractivity contribution is 5.18. The van der Waals surface area contributed by atoms with Crippen LogP contribution in [0.3, 0.4) is 0 Å². The first-order valence-electron chi connectivity index (χ1n) is 6.00. The second-order valence-electron chi connectivity index (χ2n) is 4.95. The SMILES string of the molecule is CCC(C)(C(O)Cc1cccc(F)c1)N(C)C. The predicted molar refractivity (Wildman–Crippen MR) is 68.5 cm³/mol. The van der Waals surface area contributed by atoms with Crippen molar-refractivity contribution >= 4 is 0 Å². The van der Waals surface area contributed by atoms with Crippen molar-refractivity contribution in [3.05, 3.63) is 35.6 Å². The number of hydrogen-bond acceptors (Lipinski definition) is 2. The van der Waals surface area contributed by atoms with E-state index in [1.54, 1.807) is 6.07 Å².